The van der Waals surface area contributed by atoms with E-state index < -0.39 is 0 Å². The Morgan fingerprint density at radius 1 is 1.05 bits per heavy atom. The third-order valence-electron chi connectivity index (χ3n) is 3.36. The summed E-state index contributed by atoms with van der Waals surface area (Å²) in [6.07, 6.45) is 2.49. The molecule has 1 aliphatic carbocycles. The Labute approximate surface area is 119 Å². The van der Waals surface area contributed by atoms with Crippen molar-refractivity contribution in [1.82, 2.24) is 9.97 Å². The lowest BCUT2D eigenvalue weighted by atomic mass is 10.1. The second kappa shape index (κ2) is 5.49. The molecule has 0 radical (unpaired) electrons. The molecule has 0 unspecified atom stereocenters. The number of hydrogen-bond donors (Lipinski definition) is 2. The van der Waals surface area contributed by atoms with E-state index in [1.54, 1.807) is 0 Å². The van der Waals surface area contributed by atoms with E-state index in [2.05, 4.69) is 51.8 Å². The Kier molecular flexibility index (Phi) is 3.54. The summed E-state index contributed by atoms with van der Waals surface area (Å²) >= 11 is 0. The number of aromatic nitrogens is 2. The molecule has 1 saturated carbocycles. The molecule has 1 aliphatic rings. The SMILES string of the molecule is Cc1ccc(CNc2cc(NC3CC3)nc(C)n2)cc1. The minimum absolute atomic E-state index is 0.606. The number of anilines is 2. The number of rotatable bonds is 5. The second-order valence-electron chi connectivity index (χ2n) is 5.44. The summed E-state index contributed by atoms with van der Waals surface area (Å²) in [5.74, 6) is 2.59. The molecule has 20 heavy (non-hydrogen) atoms. The second-order valence-corrected chi connectivity index (χ2v) is 5.44. The Morgan fingerprint density at radius 2 is 1.75 bits per heavy atom. The standard InChI is InChI=1S/C16H20N4/c1-11-3-5-13(6-4-11)10-17-15-9-16(19-12(2)18-15)20-14-7-8-14/h3-6,9,14H,7-8,10H2,1-2H3,(H2,17,18,19,20). The van der Waals surface area contributed by atoms with Crippen molar-refractivity contribution in [2.24, 2.45) is 0 Å². The average molecular weight is 268 g/mol. The first kappa shape index (κ1) is 12.9. The normalized spacial score (nSPS) is 14.1. The third-order valence-corrected chi connectivity index (χ3v) is 3.36. The Balaban J connectivity index is 1.66. The molecule has 4 heteroatoms. The van der Waals surface area contributed by atoms with Crippen molar-refractivity contribution in [2.45, 2.75) is 39.3 Å². The molecular formula is C16H20N4. The Morgan fingerprint density at radius 3 is 2.45 bits per heavy atom. The summed E-state index contributed by atoms with van der Waals surface area (Å²) in [6, 6.07) is 11.1. The maximum atomic E-state index is 4.43. The number of benzene rings is 1. The topological polar surface area (TPSA) is 49.8 Å². The largest absolute Gasteiger partial charge is 0.367 e. The summed E-state index contributed by atoms with van der Waals surface area (Å²) in [5.41, 5.74) is 2.53. The molecule has 1 aromatic carbocycles. The molecule has 0 spiro atoms. The fraction of sp³-hybridized carbons (Fsp3) is 0.375. The van der Waals surface area contributed by atoms with Crippen molar-refractivity contribution in [2.75, 3.05) is 10.6 Å². The zero-order valence-electron chi connectivity index (χ0n) is 12.0. The summed E-state index contributed by atoms with van der Waals surface area (Å²) in [7, 11) is 0. The van der Waals surface area contributed by atoms with Crippen LogP contribution in [-0.4, -0.2) is 16.0 Å². The molecule has 1 fully saturated rings. The van der Waals surface area contributed by atoms with E-state index in [0.29, 0.717) is 6.04 Å². The molecule has 104 valence electrons. The minimum atomic E-state index is 0.606. The lowest BCUT2D eigenvalue weighted by Gasteiger charge is -2.10. The van der Waals surface area contributed by atoms with Crippen LogP contribution < -0.4 is 10.6 Å². The number of nitrogens with zero attached hydrogens (tertiary/aromatic N) is 2. The van der Waals surface area contributed by atoms with Crippen LogP contribution in [0.4, 0.5) is 11.6 Å². The van der Waals surface area contributed by atoms with Crippen LogP contribution in [0.5, 0.6) is 0 Å². The van der Waals surface area contributed by atoms with Gasteiger partial charge in [0, 0.05) is 18.7 Å². The highest BCUT2D eigenvalue weighted by Gasteiger charge is 2.21. The minimum Gasteiger partial charge on any atom is -0.367 e. The monoisotopic (exact) mass is 268 g/mol. The maximum Gasteiger partial charge on any atom is 0.132 e. The van der Waals surface area contributed by atoms with Gasteiger partial charge in [-0.05, 0) is 32.3 Å². The van der Waals surface area contributed by atoms with E-state index in [1.807, 2.05) is 13.0 Å². The van der Waals surface area contributed by atoms with Crippen LogP contribution in [-0.2, 0) is 6.54 Å². The molecule has 0 aliphatic heterocycles. The Hall–Kier alpha value is -2.10. The first-order valence-corrected chi connectivity index (χ1v) is 7.11. The van der Waals surface area contributed by atoms with Crippen LogP contribution in [0.15, 0.2) is 30.3 Å². The van der Waals surface area contributed by atoms with Gasteiger partial charge in [0.15, 0.2) is 0 Å². The summed E-state index contributed by atoms with van der Waals surface area (Å²) < 4.78 is 0. The molecule has 2 aromatic rings. The highest BCUT2D eigenvalue weighted by atomic mass is 15.1. The zero-order chi connectivity index (χ0) is 13.9. The van der Waals surface area contributed by atoms with Crippen LogP contribution in [0.1, 0.15) is 29.8 Å². The first-order valence-electron chi connectivity index (χ1n) is 7.11. The van der Waals surface area contributed by atoms with Gasteiger partial charge in [-0.15, -0.1) is 0 Å². The third kappa shape index (κ3) is 3.47. The van der Waals surface area contributed by atoms with Gasteiger partial charge < -0.3 is 10.6 Å². The van der Waals surface area contributed by atoms with Gasteiger partial charge in [0.1, 0.15) is 17.5 Å². The fourth-order valence-corrected chi connectivity index (χ4v) is 2.07. The van der Waals surface area contributed by atoms with Crippen LogP contribution in [0, 0.1) is 13.8 Å². The van der Waals surface area contributed by atoms with Crippen molar-refractivity contribution in [3.8, 4) is 0 Å². The molecule has 0 saturated heterocycles. The van der Waals surface area contributed by atoms with E-state index in [0.717, 1.165) is 24.0 Å². The van der Waals surface area contributed by atoms with E-state index in [4.69, 9.17) is 0 Å². The van der Waals surface area contributed by atoms with Gasteiger partial charge in [-0.3, -0.25) is 0 Å². The lowest BCUT2D eigenvalue weighted by molar-refractivity contribution is 1.00. The van der Waals surface area contributed by atoms with Crippen molar-refractivity contribution in [3.63, 3.8) is 0 Å². The molecular weight excluding hydrogens is 248 g/mol. The van der Waals surface area contributed by atoms with E-state index >= 15 is 0 Å². The van der Waals surface area contributed by atoms with E-state index in [-0.39, 0.29) is 0 Å². The van der Waals surface area contributed by atoms with Crippen molar-refractivity contribution in [3.05, 3.63) is 47.3 Å². The smallest absolute Gasteiger partial charge is 0.132 e. The van der Waals surface area contributed by atoms with E-state index in [9.17, 15) is 0 Å². The summed E-state index contributed by atoms with van der Waals surface area (Å²) in [5, 5.41) is 6.78. The highest BCUT2D eigenvalue weighted by Crippen LogP contribution is 2.24. The molecule has 1 aromatic heterocycles. The first-order chi connectivity index (χ1) is 9.69. The molecule has 0 atom stereocenters. The number of nitrogens with one attached hydrogen (secondary N) is 2. The number of aryl methyl sites for hydroxylation is 2. The fourth-order valence-electron chi connectivity index (χ4n) is 2.07. The molecule has 3 rings (SSSR count). The van der Waals surface area contributed by atoms with Crippen molar-refractivity contribution < 1.29 is 0 Å². The van der Waals surface area contributed by atoms with Crippen molar-refractivity contribution in [1.29, 1.82) is 0 Å². The average Bonchev–Trinajstić information content (AvgIpc) is 3.21. The predicted molar refractivity (Wildman–Crippen MR) is 81.9 cm³/mol. The van der Waals surface area contributed by atoms with Crippen LogP contribution in [0.25, 0.3) is 0 Å². The Bertz CT molecular complexity index is 588. The van der Waals surface area contributed by atoms with Crippen LogP contribution in [0.2, 0.25) is 0 Å². The van der Waals surface area contributed by atoms with Crippen LogP contribution >= 0.6 is 0 Å². The summed E-state index contributed by atoms with van der Waals surface area (Å²) in [4.78, 5) is 8.85. The van der Waals surface area contributed by atoms with Gasteiger partial charge in [0.25, 0.3) is 0 Å². The van der Waals surface area contributed by atoms with Gasteiger partial charge in [-0.1, -0.05) is 29.8 Å². The van der Waals surface area contributed by atoms with Gasteiger partial charge in [-0.2, -0.15) is 0 Å². The maximum absolute atomic E-state index is 4.43. The van der Waals surface area contributed by atoms with Gasteiger partial charge in [-0.25, -0.2) is 9.97 Å². The van der Waals surface area contributed by atoms with Crippen LogP contribution in [0.3, 0.4) is 0 Å². The predicted octanol–water partition coefficient (Wildman–Crippen LogP) is 3.28. The molecule has 1 heterocycles. The summed E-state index contributed by atoms with van der Waals surface area (Å²) in [6.45, 7) is 4.80. The van der Waals surface area contributed by atoms with Gasteiger partial charge in [0.05, 0.1) is 0 Å². The zero-order valence-corrected chi connectivity index (χ0v) is 12.0. The quantitative estimate of drug-likeness (QED) is 0.873. The van der Waals surface area contributed by atoms with E-state index in [1.165, 1.54) is 24.0 Å². The highest BCUT2D eigenvalue weighted by molar-refractivity contribution is 5.49. The molecule has 2 N–H and O–H groups in total. The molecule has 0 amide bonds. The van der Waals surface area contributed by atoms with Crippen molar-refractivity contribution >= 4 is 11.6 Å². The molecule has 4 nitrogen and oxygen atoms in total. The molecule has 0 bridgehead atoms. The van der Waals surface area contributed by atoms with Gasteiger partial charge in [0.2, 0.25) is 0 Å². The van der Waals surface area contributed by atoms with Gasteiger partial charge >= 0.3 is 0 Å². The number of hydrogen-bond acceptors (Lipinski definition) is 4. The lowest BCUT2D eigenvalue weighted by Crippen LogP contribution is -2.08.